The number of allylic oxidation sites excluding steroid dienone is 1. The van der Waals surface area contributed by atoms with Crippen LogP contribution in [0.1, 0.15) is 38.3 Å². The van der Waals surface area contributed by atoms with Crippen LogP contribution in [0.3, 0.4) is 0 Å². The smallest absolute Gasteiger partial charge is 0.129 e. The minimum atomic E-state index is -0.242. The summed E-state index contributed by atoms with van der Waals surface area (Å²) in [4.78, 5) is 4.25. The monoisotopic (exact) mass is 433 g/mol. The summed E-state index contributed by atoms with van der Waals surface area (Å²) in [5.74, 6) is 0.347. The standard InChI is InChI=1S/C22H36FN7O/c1-14(2)29-22(28-13-26)15(3)30-21-18-5-4-16(17(11-25)12-27-8-7-24)10-20(18)31-9-6-19(21)23/h4-5,10-12,14-15,22,28-30H,6-9,13,24-26H2,1-3H3. The van der Waals surface area contributed by atoms with Gasteiger partial charge in [-0.15, -0.1) is 0 Å². The lowest BCUT2D eigenvalue weighted by molar-refractivity contribution is 0.314. The Morgan fingerprint density at radius 1 is 1.29 bits per heavy atom. The fourth-order valence-electron chi connectivity index (χ4n) is 3.33. The zero-order chi connectivity index (χ0) is 22.8. The Bertz CT molecular complexity index is 807. The molecule has 0 bridgehead atoms. The van der Waals surface area contributed by atoms with Crippen molar-refractivity contribution in [2.75, 3.05) is 26.4 Å². The van der Waals surface area contributed by atoms with Crippen molar-refractivity contribution in [1.29, 1.82) is 0 Å². The average molecular weight is 434 g/mol. The fraction of sp³-hybridized carbons (Fsp3) is 0.500. The summed E-state index contributed by atoms with van der Waals surface area (Å²) in [6.45, 7) is 7.61. The van der Waals surface area contributed by atoms with Gasteiger partial charge in [-0.3, -0.25) is 15.6 Å². The van der Waals surface area contributed by atoms with E-state index < -0.39 is 0 Å². The van der Waals surface area contributed by atoms with E-state index in [2.05, 4.69) is 20.9 Å². The number of nitrogens with one attached hydrogen (secondary N) is 3. The molecule has 31 heavy (non-hydrogen) atoms. The van der Waals surface area contributed by atoms with Crippen molar-refractivity contribution in [2.24, 2.45) is 22.2 Å². The zero-order valence-electron chi connectivity index (χ0n) is 18.6. The van der Waals surface area contributed by atoms with E-state index in [9.17, 15) is 4.39 Å². The average Bonchev–Trinajstić information content (AvgIpc) is 2.89. The van der Waals surface area contributed by atoms with Crippen LogP contribution in [0, 0.1) is 0 Å². The molecule has 0 amide bonds. The van der Waals surface area contributed by atoms with E-state index in [1.165, 1.54) is 6.20 Å². The van der Waals surface area contributed by atoms with E-state index in [1.54, 1.807) is 6.21 Å². The fourth-order valence-corrected chi connectivity index (χ4v) is 3.33. The van der Waals surface area contributed by atoms with Crippen LogP contribution in [0.25, 0.3) is 11.3 Å². The molecule has 0 fully saturated rings. The minimum absolute atomic E-state index is 0.136. The number of hydrogen-bond acceptors (Lipinski definition) is 8. The summed E-state index contributed by atoms with van der Waals surface area (Å²) in [6.07, 6.45) is 3.21. The third kappa shape index (κ3) is 7.03. The predicted molar refractivity (Wildman–Crippen MR) is 126 cm³/mol. The van der Waals surface area contributed by atoms with Crippen LogP contribution in [-0.4, -0.2) is 50.8 Å². The number of benzene rings is 1. The second-order valence-electron chi connectivity index (χ2n) is 7.68. The van der Waals surface area contributed by atoms with E-state index >= 15 is 0 Å². The van der Waals surface area contributed by atoms with Gasteiger partial charge in [0.2, 0.25) is 0 Å². The maximum Gasteiger partial charge on any atom is 0.129 e. The van der Waals surface area contributed by atoms with Crippen molar-refractivity contribution < 1.29 is 9.13 Å². The van der Waals surface area contributed by atoms with Crippen LogP contribution in [-0.2, 0) is 0 Å². The third-order valence-electron chi connectivity index (χ3n) is 4.83. The topological polar surface area (TPSA) is 136 Å². The molecule has 1 aromatic carbocycles. The van der Waals surface area contributed by atoms with Gasteiger partial charge in [0.15, 0.2) is 0 Å². The van der Waals surface area contributed by atoms with Gasteiger partial charge in [0.05, 0.1) is 31.1 Å². The molecular weight excluding hydrogens is 397 g/mol. The molecular formula is C22H36FN7O. The van der Waals surface area contributed by atoms with Crippen LogP contribution in [0.2, 0.25) is 0 Å². The minimum Gasteiger partial charge on any atom is -0.492 e. The number of ether oxygens (including phenoxy) is 1. The predicted octanol–water partition coefficient (Wildman–Crippen LogP) is 1.24. The van der Waals surface area contributed by atoms with Gasteiger partial charge < -0.3 is 27.3 Å². The Labute approximate surface area is 184 Å². The third-order valence-corrected chi connectivity index (χ3v) is 4.83. The first-order chi connectivity index (χ1) is 14.9. The maximum atomic E-state index is 15.0. The lowest BCUT2D eigenvalue weighted by Gasteiger charge is -2.30. The molecule has 1 aromatic rings. The largest absolute Gasteiger partial charge is 0.492 e. The summed E-state index contributed by atoms with van der Waals surface area (Å²) in [5.41, 5.74) is 19.6. The van der Waals surface area contributed by atoms with Crippen LogP contribution in [0.15, 0.2) is 35.2 Å². The van der Waals surface area contributed by atoms with Crippen molar-refractivity contribution in [3.05, 3.63) is 41.4 Å². The van der Waals surface area contributed by atoms with E-state index in [-0.39, 0.29) is 37.1 Å². The maximum absolute atomic E-state index is 15.0. The van der Waals surface area contributed by atoms with E-state index in [1.807, 2.05) is 39.0 Å². The summed E-state index contributed by atoms with van der Waals surface area (Å²) in [5, 5.41) is 9.93. The molecule has 1 aliphatic rings. The first-order valence-electron chi connectivity index (χ1n) is 10.6. The van der Waals surface area contributed by atoms with Crippen molar-refractivity contribution >= 4 is 17.5 Å². The molecule has 0 saturated heterocycles. The van der Waals surface area contributed by atoms with Crippen molar-refractivity contribution in [2.45, 2.75) is 45.4 Å². The molecule has 1 aliphatic heterocycles. The highest BCUT2D eigenvalue weighted by Gasteiger charge is 2.24. The molecule has 172 valence electrons. The van der Waals surface area contributed by atoms with Gasteiger partial charge in [0, 0.05) is 49.2 Å². The Balaban J connectivity index is 2.32. The molecule has 9 N–H and O–H groups in total. The van der Waals surface area contributed by atoms with E-state index in [4.69, 9.17) is 21.9 Å². The van der Waals surface area contributed by atoms with Crippen LogP contribution in [0.4, 0.5) is 4.39 Å². The molecule has 0 spiro atoms. The lowest BCUT2D eigenvalue weighted by atomic mass is 10.0. The highest BCUT2D eigenvalue weighted by molar-refractivity contribution is 6.09. The number of hydrogen-bond donors (Lipinski definition) is 6. The molecule has 0 aliphatic carbocycles. The quantitative estimate of drug-likeness (QED) is 0.228. The van der Waals surface area contributed by atoms with Crippen molar-refractivity contribution in [1.82, 2.24) is 16.0 Å². The Morgan fingerprint density at radius 2 is 2.06 bits per heavy atom. The first kappa shape index (κ1) is 24.8. The van der Waals surface area contributed by atoms with Crippen LogP contribution in [0.5, 0.6) is 5.75 Å². The highest BCUT2D eigenvalue weighted by atomic mass is 19.1. The molecule has 2 rings (SSSR count). The second kappa shape index (κ2) is 12.4. The molecule has 2 unspecified atom stereocenters. The van der Waals surface area contributed by atoms with Gasteiger partial charge in [-0.05, 0) is 38.5 Å². The zero-order valence-corrected chi connectivity index (χ0v) is 18.6. The molecule has 9 heteroatoms. The van der Waals surface area contributed by atoms with Crippen molar-refractivity contribution in [3.63, 3.8) is 0 Å². The normalized spacial score (nSPS) is 16.8. The highest BCUT2D eigenvalue weighted by Crippen LogP contribution is 2.34. The van der Waals surface area contributed by atoms with E-state index in [0.717, 1.165) is 11.1 Å². The van der Waals surface area contributed by atoms with Gasteiger partial charge >= 0.3 is 0 Å². The number of nitrogens with two attached hydrogens (primary N) is 3. The number of aliphatic imine (C=N–C) groups is 1. The number of rotatable bonds is 11. The van der Waals surface area contributed by atoms with Crippen LogP contribution >= 0.6 is 0 Å². The van der Waals surface area contributed by atoms with Crippen LogP contribution < -0.4 is 37.9 Å². The first-order valence-corrected chi connectivity index (χ1v) is 10.6. The summed E-state index contributed by atoms with van der Waals surface area (Å²) in [7, 11) is 0. The molecule has 0 aromatic heterocycles. The number of nitrogens with zero attached hydrogens (tertiary/aromatic N) is 1. The molecule has 0 saturated carbocycles. The van der Waals surface area contributed by atoms with Gasteiger partial charge in [0.1, 0.15) is 11.6 Å². The van der Waals surface area contributed by atoms with Gasteiger partial charge in [-0.25, -0.2) is 4.39 Å². The Morgan fingerprint density at radius 3 is 2.71 bits per heavy atom. The summed E-state index contributed by atoms with van der Waals surface area (Å²) >= 11 is 0. The molecule has 0 radical (unpaired) electrons. The lowest BCUT2D eigenvalue weighted by Crippen LogP contribution is -2.57. The molecule has 1 heterocycles. The summed E-state index contributed by atoms with van der Waals surface area (Å²) in [6, 6.07) is 5.67. The Hall–Kier alpha value is -2.46. The van der Waals surface area contributed by atoms with Crippen molar-refractivity contribution in [3.8, 4) is 5.75 Å². The SMILES string of the molecule is CC(C)NC(NCN)C(C)NC1=C(F)CCOc2cc(C(C=NCCN)=CN)ccc21. The van der Waals surface area contributed by atoms with Gasteiger partial charge in [0.25, 0.3) is 0 Å². The number of halogens is 1. The summed E-state index contributed by atoms with van der Waals surface area (Å²) < 4.78 is 20.9. The van der Waals surface area contributed by atoms with Gasteiger partial charge in [-0.1, -0.05) is 6.07 Å². The molecule has 2 atom stereocenters. The second-order valence-corrected chi connectivity index (χ2v) is 7.68. The molecule has 8 nitrogen and oxygen atoms in total. The Kier molecular flexibility index (Phi) is 9.93. The van der Waals surface area contributed by atoms with Gasteiger partial charge in [-0.2, -0.15) is 0 Å². The number of fused-ring (bicyclic) bond motifs is 1. The van der Waals surface area contributed by atoms with E-state index in [0.29, 0.717) is 36.8 Å².